The molecule has 15 heteroatoms. The molecule has 1 amide bonds. The number of halogens is 3. The molecule has 1 aliphatic heterocycles. The Hall–Kier alpha value is -5.02. The Morgan fingerprint density at radius 2 is 1.81 bits per heavy atom. The number of carbonyl (C=O) groups is 2. The van der Waals surface area contributed by atoms with E-state index in [2.05, 4.69) is 20.4 Å². The van der Waals surface area contributed by atoms with Gasteiger partial charge in [-0.15, -0.1) is 5.10 Å². The molecule has 2 aliphatic rings. The summed E-state index contributed by atoms with van der Waals surface area (Å²) in [6.07, 6.45) is 1.00. The number of hydrogen-bond donors (Lipinski definition) is 1. The van der Waals surface area contributed by atoms with Gasteiger partial charge in [0, 0.05) is 17.5 Å². The molecule has 4 aromatic rings. The molecule has 1 N–H and O–H groups in total. The number of amidine groups is 1. The summed E-state index contributed by atoms with van der Waals surface area (Å²) in [6, 6.07) is 15.8. The number of aromatic nitrogens is 3. The molecule has 3 aromatic carbocycles. The Morgan fingerprint density at radius 3 is 2.45 bits per heavy atom. The number of methoxy groups -OCH3 is 2. The van der Waals surface area contributed by atoms with E-state index in [1.807, 2.05) is 24.3 Å². The zero-order valence-corrected chi connectivity index (χ0v) is 26.4. The fourth-order valence-corrected chi connectivity index (χ4v) is 5.99. The van der Waals surface area contributed by atoms with Gasteiger partial charge in [0.25, 0.3) is 0 Å². The molecule has 1 unspecified atom stereocenters. The molecule has 0 spiro atoms. The number of ether oxygens (including phenoxy) is 2. The van der Waals surface area contributed by atoms with Crippen LogP contribution in [0.2, 0.25) is 0 Å². The van der Waals surface area contributed by atoms with Gasteiger partial charge in [0.2, 0.25) is 5.91 Å². The third kappa shape index (κ3) is 6.90. The number of thiocarbonyl (C=S) groups is 1. The summed E-state index contributed by atoms with van der Waals surface area (Å²) >= 11 is 6.75. The van der Waals surface area contributed by atoms with Crippen LogP contribution in [0.5, 0.6) is 5.75 Å². The number of hydrogen-bond acceptors (Lipinski definition) is 8. The lowest BCUT2D eigenvalue weighted by Gasteiger charge is -2.22. The quantitative estimate of drug-likeness (QED) is 0.140. The number of thioether (sulfide) groups is 1. The Labute approximate surface area is 276 Å². The van der Waals surface area contributed by atoms with Gasteiger partial charge in [-0.05, 0) is 53.7 Å². The van der Waals surface area contributed by atoms with Gasteiger partial charge >= 0.3 is 12.1 Å². The average Bonchev–Trinajstić information content (AvgIpc) is 3.69. The number of alkyl halides is 3. The number of esters is 1. The number of nitrogens with zero attached hydrogens (tertiary/aromatic N) is 5. The van der Waals surface area contributed by atoms with Gasteiger partial charge in [0.05, 0.1) is 36.9 Å². The molecule has 6 rings (SSSR count). The lowest BCUT2D eigenvalue weighted by Crippen LogP contribution is -2.35. The number of benzene rings is 3. The standard InChI is InChI=1S/C32H25F3N6O4S2/c1-44-23-13-14-24(18-3-4-18)25(15-23)41-26(42)16-47-31(41)38-30(46)37-27(29(43)45-2)19-5-7-20(8-6-19)28-36-17-40(39-28)22-11-9-21(10-12-22)32(33,34)35/h3-15,17-18,27H,16H2,1-2H3,(H,37,46)/b38-31-. The lowest BCUT2D eigenvalue weighted by atomic mass is 10.0. The fraction of sp³-hybridized carbons (Fsp3) is 0.188. The summed E-state index contributed by atoms with van der Waals surface area (Å²) in [4.78, 5) is 36.1. The van der Waals surface area contributed by atoms with Crippen molar-refractivity contribution in [2.75, 3.05) is 24.9 Å². The number of nitrogens with one attached hydrogen (secondary N) is 1. The van der Waals surface area contributed by atoms with E-state index in [-0.39, 0.29) is 22.7 Å². The molecule has 2 heterocycles. The van der Waals surface area contributed by atoms with E-state index in [0.29, 0.717) is 39.2 Å². The van der Waals surface area contributed by atoms with Crippen LogP contribution in [-0.2, 0) is 20.5 Å². The van der Waals surface area contributed by atoms with Gasteiger partial charge < -0.3 is 14.8 Å². The molecule has 10 nitrogen and oxygen atoms in total. The number of allylic oxidation sites excluding steroid dienone is 2. The molecular formula is C32H25F3N6O4S2. The Kier molecular flexibility index (Phi) is 8.84. The first-order valence-corrected chi connectivity index (χ1v) is 15.4. The highest BCUT2D eigenvalue weighted by molar-refractivity contribution is 8.15. The second-order valence-corrected chi connectivity index (χ2v) is 11.7. The van der Waals surface area contributed by atoms with Crippen molar-refractivity contribution < 1.29 is 32.2 Å². The minimum Gasteiger partial charge on any atom is -0.497 e. The van der Waals surface area contributed by atoms with Gasteiger partial charge in [0.15, 0.2) is 22.1 Å². The van der Waals surface area contributed by atoms with Crippen LogP contribution in [0, 0.1) is 0 Å². The second kappa shape index (κ2) is 13.0. The van der Waals surface area contributed by atoms with Crippen LogP contribution in [0.1, 0.15) is 28.7 Å². The number of rotatable bonds is 8. The van der Waals surface area contributed by atoms with Crippen LogP contribution in [-0.4, -0.2) is 56.9 Å². The minimum absolute atomic E-state index is 0.0300. The molecule has 0 bridgehead atoms. The number of amides is 1. The normalized spacial score (nSPS) is 16.0. The summed E-state index contributed by atoms with van der Waals surface area (Å²) in [6.45, 7) is 0. The van der Waals surface area contributed by atoms with E-state index in [0.717, 1.165) is 17.7 Å². The first kappa shape index (κ1) is 31.9. The molecule has 47 heavy (non-hydrogen) atoms. The first-order valence-electron chi connectivity index (χ1n) is 14.0. The van der Waals surface area contributed by atoms with Crippen LogP contribution in [0.3, 0.4) is 0 Å². The van der Waals surface area contributed by atoms with Gasteiger partial charge in [-0.3, -0.25) is 9.69 Å². The van der Waals surface area contributed by atoms with Crippen LogP contribution >= 0.6 is 24.0 Å². The van der Waals surface area contributed by atoms with E-state index in [1.54, 1.807) is 37.4 Å². The maximum absolute atomic E-state index is 13.0. The Morgan fingerprint density at radius 1 is 1.09 bits per heavy atom. The molecule has 0 saturated carbocycles. The second-order valence-electron chi connectivity index (χ2n) is 10.3. The fourth-order valence-electron chi connectivity index (χ4n) is 4.86. The van der Waals surface area contributed by atoms with E-state index in [4.69, 9.17) is 21.7 Å². The van der Waals surface area contributed by atoms with E-state index in [1.165, 1.54) is 46.9 Å². The van der Waals surface area contributed by atoms with Crippen LogP contribution < -0.4 is 15.0 Å². The topological polar surface area (TPSA) is 111 Å². The molecule has 240 valence electrons. The van der Waals surface area contributed by atoms with Gasteiger partial charge in [0.1, 0.15) is 12.1 Å². The highest BCUT2D eigenvalue weighted by atomic mass is 32.2. The van der Waals surface area contributed by atoms with Crippen molar-refractivity contribution in [1.29, 1.82) is 0 Å². The van der Waals surface area contributed by atoms with Crippen molar-refractivity contribution in [3.05, 3.63) is 102 Å². The van der Waals surface area contributed by atoms with Gasteiger partial charge in [-0.2, -0.15) is 18.2 Å². The van der Waals surface area contributed by atoms with E-state index >= 15 is 0 Å². The lowest BCUT2D eigenvalue weighted by molar-refractivity contribution is -0.143. The van der Waals surface area contributed by atoms with Crippen LogP contribution in [0.4, 0.5) is 18.9 Å². The highest BCUT2D eigenvalue weighted by Crippen LogP contribution is 2.41. The molecule has 1 saturated heterocycles. The van der Waals surface area contributed by atoms with Crippen LogP contribution in [0.15, 0.2) is 90.2 Å². The van der Waals surface area contributed by atoms with Crippen molar-refractivity contribution in [2.45, 2.75) is 18.1 Å². The summed E-state index contributed by atoms with van der Waals surface area (Å²) in [7, 11) is 2.80. The van der Waals surface area contributed by atoms with E-state index in [9.17, 15) is 22.8 Å². The largest absolute Gasteiger partial charge is 0.497 e. The summed E-state index contributed by atoms with van der Waals surface area (Å²) in [5.74, 6) is 0.405. The van der Waals surface area contributed by atoms with E-state index < -0.39 is 23.8 Å². The maximum Gasteiger partial charge on any atom is 0.416 e. The molecule has 1 aromatic heterocycles. The maximum atomic E-state index is 13.0. The molecule has 0 radical (unpaired) electrons. The number of aliphatic imine (C=N–C) groups is 1. The summed E-state index contributed by atoms with van der Waals surface area (Å²) in [5.41, 5.74) is 2.33. The SMILES string of the molecule is COC(=O)C(NC(=S)/N=C1\SCC(=O)N1c1cc(OC)ccc1C1C=C1)c1ccc(-c2ncn(-c3ccc(C(F)(F)F)cc3)n2)cc1. The monoisotopic (exact) mass is 678 g/mol. The van der Waals surface area contributed by atoms with Crippen molar-refractivity contribution in [3.63, 3.8) is 0 Å². The Bertz CT molecular complexity index is 1900. The predicted octanol–water partition coefficient (Wildman–Crippen LogP) is 5.84. The molecule has 1 atom stereocenters. The summed E-state index contributed by atoms with van der Waals surface area (Å²) < 4.78 is 50.6. The zero-order valence-electron chi connectivity index (χ0n) is 24.8. The molecule has 1 fully saturated rings. The van der Waals surface area contributed by atoms with Gasteiger partial charge in [-0.25, -0.2) is 14.5 Å². The first-order chi connectivity index (χ1) is 22.5. The third-order valence-electron chi connectivity index (χ3n) is 7.34. The van der Waals surface area contributed by atoms with Gasteiger partial charge in [-0.1, -0.05) is 54.2 Å². The molecular weight excluding hydrogens is 654 g/mol. The number of carbonyl (C=O) groups excluding carboxylic acids is 2. The minimum atomic E-state index is -4.44. The third-order valence-corrected chi connectivity index (χ3v) is 8.48. The summed E-state index contributed by atoms with van der Waals surface area (Å²) in [5, 5.41) is 7.64. The van der Waals surface area contributed by atoms with Crippen molar-refractivity contribution >= 4 is 51.8 Å². The number of anilines is 1. The van der Waals surface area contributed by atoms with Crippen molar-refractivity contribution in [2.24, 2.45) is 4.99 Å². The Balaban J connectivity index is 1.20. The highest BCUT2D eigenvalue weighted by Gasteiger charge is 2.34. The average molecular weight is 679 g/mol. The van der Waals surface area contributed by atoms with Crippen molar-refractivity contribution in [1.82, 2.24) is 20.1 Å². The van der Waals surface area contributed by atoms with Crippen LogP contribution in [0.25, 0.3) is 17.1 Å². The predicted molar refractivity (Wildman–Crippen MR) is 175 cm³/mol. The molecule has 1 aliphatic carbocycles. The smallest absolute Gasteiger partial charge is 0.416 e. The van der Waals surface area contributed by atoms with Crippen molar-refractivity contribution in [3.8, 4) is 22.8 Å². The zero-order chi connectivity index (χ0) is 33.3.